The van der Waals surface area contributed by atoms with Crippen molar-refractivity contribution in [3.63, 3.8) is 0 Å². The highest BCUT2D eigenvalue weighted by Gasteiger charge is 2.18. The van der Waals surface area contributed by atoms with Crippen molar-refractivity contribution in [1.29, 1.82) is 0 Å². The molecular weight excluding hydrogens is 232 g/mol. The lowest BCUT2D eigenvalue weighted by Crippen LogP contribution is -2.49. The number of carbonyl (C=O) groups excluding carboxylic acids is 1. The van der Waals surface area contributed by atoms with Crippen LogP contribution in [0.2, 0.25) is 0 Å². The fourth-order valence-electron chi connectivity index (χ4n) is 1.59. The van der Waals surface area contributed by atoms with E-state index in [2.05, 4.69) is 10.6 Å². The van der Waals surface area contributed by atoms with Gasteiger partial charge in [-0.15, -0.1) is 0 Å². The standard InChI is InChI=1S/C13H22N2O3/c1-9(14-12(17)15-13(2,3)4)8-10(16)11-6-5-7-18-11/h5-7,9-10,16H,8H2,1-4H3,(H2,14,15,17). The van der Waals surface area contributed by atoms with Gasteiger partial charge in [-0.05, 0) is 39.8 Å². The van der Waals surface area contributed by atoms with Crippen LogP contribution in [0.1, 0.15) is 46.0 Å². The normalized spacial score (nSPS) is 14.9. The van der Waals surface area contributed by atoms with Crippen LogP contribution in [0.3, 0.4) is 0 Å². The molecule has 0 radical (unpaired) electrons. The zero-order chi connectivity index (χ0) is 13.8. The summed E-state index contributed by atoms with van der Waals surface area (Å²) in [6, 6.07) is 3.06. The van der Waals surface area contributed by atoms with E-state index in [9.17, 15) is 9.90 Å². The minimum absolute atomic E-state index is 0.146. The lowest BCUT2D eigenvalue weighted by molar-refractivity contribution is 0.129. The summed E-state index contributed by atoms with van der Waals surface area (Å²) in [5.74, 6) is 0.514. The highest BCUT2D eigenvalue weighted by molar-refractivity contribution is 5.74. The highest BCUT2D eigenvalue weighted by atomic mass is 16.4. The van der Waals surface area contributed by atoms with Gasteiger partial charge in [0, 0.05) is 18.0 Å². The summed E-state index contributed by atoms with van der Waals surface area (Å²) in [6.45, 7) is 7.58. The van der Waals surface area contributed by atoms with Gasteiger partial charge in [0.15, 0.2) is 0 Å². The molecule has 0 saturated carbocycles. The number of rotatable bonds is 4. The van der Waals surface area contributed by atoms with Gasteiger partial charge in [0.05, 0.1) is 6.26 Å². The zero-order valence-electron chi connectivity index (χ0n) is 11.4. The second-order valence-corrected chi connectivity index (χ2v) is 5.52. The summed E-state index contributed by atoms with van der Waals surface area (Å²) in [5, 5.41) is 15.4. The number of aliphatic hydroxyl groups is 1. The Bertz CT molecular complexity index is 368. The van der Waals surface area contributed by atoms with Crippen LogP contribution in [0.15, 0.2) is 22.8 Å². The highest BCUT2D eigenvalue weighted by Crippen LogP contribution is 2.18. The molecule has 3 N–H and O–H groups in total. The van der Waals surface area contributed by atoms with Crippen LogP contribution in [0, 0.1) is 0 Å². The average Bonchev–Trinajstić information content (AvgIpc) is 2.65. The molecule has 0 aromatic carbocycles. The molecule has 2 unspecified atom stereocenters. The van der Waals surface area contributed by atoms with Gasteiger partial charge in [-0.25, -0.2) is 4.79 Å². The summed E-state index contributed by atoms with van der Waals surface area (Å²) < 4.78 is 5.10. The first-order valence-electron chi connectivity index (χ1n) is 6.08. The van der Waals surface area contributed by atoms with E-state index in [1.54, 1.807) is 12.1 Å². The zero-order valence-corrected chi connectivity index (χ0v) is 11.4. The SMILES string of the molecule is CC(CC(O)c1ccco1)NC(=O)NC(C)(C)C. The minimum Gasteiger partial charge on any atom is -0.467 e. The third kappa shape index (κ3) is 5.23. The van der Waals surface area contributed by atoms with Crippen LogP contribution in [0.4, 0.5) is 4.79 Å². The second-order valence-electron chi connectivity index (χ2n) is 5.52. The summed E-state index contributed by atoms with van der Waals surface area (Å²) in [5.41, 5.74) is -0.274. The molecule has 102 valence electrons. The number of carbonyl (C=O) groups is 1. The van der Waals surface area contributed by atoms with Gasteiger partial charge in [-0.3, -0.25) is 0 Å². The Labute approximate surface area is 108 Å². The van der Waals surface area contributed by atoms with E-state index in [0.29, 0.717) is 12.2 Å². The Morgan fingerprint density at radius 1 is 1.50 bits per heavy atom. The molecule has 5 heteroatoms. The van der Waals surface area contributed by atoms with Crippen LogP contribution in [-0.4, -0.2) is 22.7 Å². The number of nitrogens with one attached hydrogen (secondary N) is 2. The topological polar surface area (TPSA) is 74.5 Å². The molecule has 0 aliphatic heterocycles. The van der Waals surface area contributed by atoms with Crippen molar-refractivity contribution >= 4 is 6.03 Å². The smallest absolute Gasteiger partial charge is 0.315 e. The van der Waals surface area contributed by atoms with Gasteiger partial charge in [-0.1, -0.05) is 0 Å². The maximum Gasteiger partial charge on any atom is 0.315 e. The number of furan rings is 1. The lowest BCUT2D eigenvalue weighted by Gasteiger charge is -2.23. The molecule has 1 aromatic heterocycles. The molecule has 0 fully saturated rings. The van der Waals surface area contributed by atoms with Crippen molar-refractivity contribution in [2.75, 3.05) is 0 Å². The maximum atomic E-state index is 11.6. The Morgan fingerprint density at radius 2 is 2.17 bits per heavy atom. The van der Waals surface area contributed by atoms with Crippen molar-refractivity contribution in [3.8, 4) is 0 Å². The van der Waals surface area contributed by atoms with E-state index < -0.39 is 6.10 Å². The Hall–Kier alpha value is -1.49. The van der Waals surface area contributed by atoms with Crippen molar-refractivity contribution in [1.82, 2.24) is 10.6 Å². The molecule has 1 rings (SSSR count). The Balaban J connectivity index is 2.37. The molecular formula is C13H22N2O3. The van der Waals surface area contributed by atoms with E-state index >= 15 is 0 Å². The monoisotopic (exact) mass is 254 g/mol. The second kappa shape index (κ2) is 5.91. The number of amides is 2. The summed E-state index contributed by atoms with van der Waals surface area (Å²) >= 11 is 0. The number of hydrogen-bond donors (Lipinski definition) is 3. The van der Waals surface area contributed by atoms with Crippen LogP contribution >= 0.6 is 0 Å². The van der Waals surface area contributed by atoms with Gasteiger partial charge in [0.2, 0.25) is 0 Å². The largest absolute Gasteiger partial charge is 0.467 e. The van der Waals surface area contributed by atoms with E-state index in [-0.39, 0.29) is 17.6 Å². The molecule has 18 heavy (non-hydrogen) atoms. The molecule has 0 aliphatic rings. The van der Waals surface area contributed by atoms with Gasteiger partial charge in [0.1, 0.15) is 11.9 Å². The van der Waals surface area contributed by atoms with Gasteiger partial charge >= 0.3 is 6.03 Å². The lowest BCUT2D eigenvalue weighted by atomic mass is 10.1. The molecule has 0 spiro atoms. The van der Waals surface area contributed by atoms with Gasteiger partial charge in [0.25, 0.3) is 0 Å². The summed E-state index contributed by atoms with van der Waals surface area (Å²) in [6.07, 6.45) is 1.22. The third-order valence-corrected chi connectivity index (χ3v) is 2.31. The van der Waals surface area contributed by atoms with E-state index in [4.69, 9.17) is 4.42 Å². The van der Waals surface area contributed by atoms with E-state index in [1.165, 1.54) is 6.26 Å². The fourth-order valence-corrected chi connectivity index (χ4v) is 1.59. The average molecular weight is 254 g/mol. The van der Waals surface area contributed by atoms with Crippen LogP contribution < -0.4 is 10.6 Å². The van der Waals surface area contributed by atoms with E-state index in [1.807, 2.05) is 27.7 Å². The first-order chi connectivity index (χ1) is 8.28. The van der Waals surface area contributed by atoms with Gasteiger partial charge in [-0.2, -0.15) is 0 Å². The minimum atomic E-state index is -0.704. The number of aliphatic hydroxyl groups excluding tert-OH is 1. The first-order valence-corrected chi connectivity index (χ1v) is 6.08. The Morgan fingerprint density at radius 3 is 2.67 bits per heavy atom. The molecule has 1 aromatic rings. The van der Waals surface area contributed by atoms with Crippen molar-refractivity contribution in [2.45, 2.75) is 51.8 Å². The quantitative estimate of drug-likeness (QED) is 0.771. The Kier molecular flexibility index (Phi) is 4.78. The molecule has 0 saturated heterocycles. The van der Waals surface area contributed by atoms with Crippen molar-refractivity contribution < 1.29 is 14.3 Å². The molecule has 0 bridgehead atoms. The molecule has 0 aliphatic carbocycles. The van der Waals surface area contributed by atoms with Crippen LogP contribution in [0.25, 0.3) is 0 Å². The van der Waals surface area contributed by atoms with Crippen molar-refractivity contribution in [3.05, 3.63) is 24.2 Å². The molecule has 5 nitrogen and oxygen atoms in total. The maximum absolute atomic E-state index is 11.6. The molecule has 1 heterocycles. The summed E-state index contributed by atoms with van der Waals surface area (Å²) in [7, 11) is 0. The van der Waals surface area contributed by atoms with Gasteiger partial charge < -0.3 is 20.2 Å². The van der Waals surface area contributed by atoms with Crippen LogP contribution in [0.5, 0.6) is 0 Å². The first kappa shape index (κ1) is 14.6. The molecule has 2 amide bonds. The summed E-state index contributed by atoms with van der Waals surface area (Å²) in [4.78, 5) is 11.6. The number of urea groups is 1. The fraction of sp³-hybridized carbons (Fsp3) is 0.615. The third-order valence-electron chi connectivity index (χ3n) is 2.31. The van der Waals surface area contributed by atoms with Crippen LogP contribution in [-0.2, 0) is 0 Å². The van der Waals surface area contributed by atoms with Crippen molar-refractivity contribution in [2.24, 2.45) is 0 Å². The predicted octanol–water partition coefficient (Wildman–Crippen LogP) is 2.19. The van der Waals surface area contributed by atoms with E-state index in [0.717, 1.165) is 0 Å². The number of hydrogen-bond acceptors (Lipinski definition) is 3. The predicted molar refractivity (Wildman–Crippen MR) is 69.2 cm³/mol. The molecule has 2 atom stereocenters.